The maximum absolute atomic E-state index is 14.7. The van der Waals surface area contributed by atoms with Crippen LogP contribution in [0, 0.1) is 50.7 Å². The number of carboxylic acid groups (broad SMARTS) is 3. The van der Waals surface area contributed by atoms with Gasteiger partial charge in [-0.1, -0.05) is 47.1 Å². The molecule has 7 aliphatic rings. The molecule has 19 atom stereocenters. The maximum atomic E-state index is 14.7. The van der Waals surface area contributed by atoms with Crippen molar-refractivity contribution in [3.63, 3.8) is 0 Å². The van der Waals surface area contributed by atoms with E-state index in [-0.39, 0.29) is 143 Å². The molecular formula is C41H60K2O17. The number of allylic oxidation sites excluding steroid dienone is 2. The van der Waals surface area contributed by atoms with Gasteiger partial charge in [-0.25, -0.2) is 0 Å². The molecule has 15 unspecified atom stereocenters. The largest absolute Gasteiger partial charge is 1.00 e. The van der Waals surface area contributed by atoms with Crippen molar-refractivity contribution in [3.8, 4) is 0 Å². The molecule has 8 N–H and O–H groups in total. The number of aliphatic carboxylic acids is 3. The first-order chi connectivity index (χ1) is 26.4. The van der Waals surface area contributed by atoms with Gasteiger partial charge in [-0.05, 0) is 103 Å². The van der Waals surface area contributed by atoms with Crippen LogP contribution in [0.15, 0.2) is 11.6 Å². The van der Waals surface area contributed by atoms with Crippen LogP contribution in [-0.2, 0) is 38.1 Å². The number of aliphatic hydroxyl groups excluding tert-OH is 5. The van der Waals surface area contributed by atoms with Gasteiger partial charge >= 0.3 is 109 Å². The van der Waals surface area contributed by atoms with Crippen molar-refractivity contribution in [3.05, 3.63) is 11.6 Å². The molecule has 0 aromatic carbocycles. The van der Waals surface area contributed by atoms with Gasteiger partial charge in [0.1, 0.15) is 48.8 Å². The molecule has 0 amide bonds. The Morgan fingerprint density at radius 2 is 1.32 bits per heavy atom. The molecule has 2 saturated heterocycles. The summed E-state index contributed by atoms with van der Waals surface area (Å²) in [7, 11) is 0. The molecular weight excluding hydrogens is 843 g/mol. The Hall–Kier alpha value is 0.693. The summed E-state index contributed by atoms with van der Waals surface area (Å²) in [4.78, 5) is 50.6. The zero-order valence-corrected chi connectivity index (χ0v) is 42.1. The molecule has 60 heavy (non-hydrogen) atoms. The molecule has 17 nitrogen and oxygen atoms in total. The van der Waals surface area contributed by atoms with Gasteiger partial charge < -0.3 is 74.9 Å². The number of ketones is 1. The third-order valence-electron chi connectivity index (χ3n) is 16.7. The molecule has 0 bridgehead atoms. The van der Waals surface area contributed by atoms with Crippen LogP contribution in [0.2, 0.25) is 0 Å². The first kappa shape index (κ1) is 53.3. The monoisotopic (exact) mass is 902 g/mol. The van der Waals surface area contributed by atoms with Gasteiger partial charge in [-0.15, -0.1) is 0 Å². The Labute approximate surface area is 434 Å². The molecule has 5 aliphatic carbocycles. The number of hydrogen-bond acceptors (Lipinski definition) is 15. The Kier molecular flexibility index (Phi) is 16.7. The average Bonchev–Trinajstić information content (AvgIpc) is 3.12. The Morgan fingerprint density at radius 3 is 1.90 bits per heavy atom. The molecule has 4 saturated carbocycles. The quantitative estimate of drug-likeness (QED) is 0.102. The summed E-state index contributed by atoms with van der Waals surface area (Å²) in [5.74, 6) is -5.42. The van der Waals surface area contributed by atoms with Crippen LogP contribution in [0.3, 0.4) is 0 Å². The van der Waals surface area contributed by atoms with Crippen molar-refractivity contribution in [2.24, 2.45) is 50.7 Å². The van der Waals surface area contributed by atoms with E-state index in [4.69, 9.17) is 18.9 Å². The number of rotatable bonds is 7. The van der Waals surface area contributed by atoms with Crippen molar-refractivity contribution >= 4 is 23.7 Å². The smallest absolute Gasteiger partial charge is 0.547 e. The van der Waals surface area contributed by atoms with E-state index in [2.05, 4.69) is 27.7 Å². The van der Waals surface area contributed by atoms with E-state index in [1.807, 2.05) is 19.9 Å². The number of fused-ring (bicyclic) bond motifs is 7. The van der Waals surface area contributed by atoms with Gasteiger partial charge in [-0.3, -0.25) is 9.59 Å². The van der Waals surface area contributed by atoms with E-state index in [1.54, 1.807) is 0 Å². The van der Waals surface area contributed by atoms with Gasteiger partial charge in [0.05, 0.1) is 24.0 Å². The topological polar surface area (TPSA) is 304 Å². The fourth-order valence-electron chi connectivity index (χ4n) is 13.2. The van der Waals surface area contributed by atoms with Gasteiger partial charge in [0, 0.05) is 5.92 Å². The first-order valence-electron chi connectivity index (χ1n) is 20.4. The van der Waals surface area contributed by atoms with Gasteiger partial charge in [0.15, 0.2) is 18.4 Å². The third kappa shape index (κ3) is 8.38. The summed E-state index contributed by atoms with van der Waals surface area (Å²) < 4.78 is 23.1. The van der Waals surface area contributed by atoms with Crippen LogP contribution in [0.1, 0.15) is 99.3 Å². The Morgan fingerprint density at radius 1 is 0.733 bits per heavy atom. The zero-order chi connectivity index (χ0) is 41.9. The molecule has 0 spiro atoms. The van der Waals surface area contributed by atoms with E-state index in [0.717, 1.165) is 24.8 Å². The standard InChI is InChI=1S/C41H60O16.2K.H2O/c1-37(2)21-8-12-41(6)31(20(42)16-19-18-15-17(32(48)49)7-10-38(18,3)13-14-40(19,41)5)39(21,4)11-9-22(37)54-36-30(26(46)25(45)29(56-36)34(52)53)57-35-27(47)23(43)24(44)28(55-35)33(50)51;;;/h16-18,21-31,35-36,43-47H,7-15H2,1-6H3,(H,48,49)(H,50,51)(H,52,53);;;1H2/q;2*+1;/p-2/t17?,18?,21?,22?,23?,24?,25?,26?,27?,28?,29?,30?,31?,35?,36?,38-,39+,40-,41-;;;/m1.../s1. The van der Waals surface area contributed by atoms with Gasteiger partial charge in [-0.2, -0.15) is 0 Å². The van der Waals surface area contributed by atoms with E-state index < -0.39 is 108 Å². The van der Waals surface area contributed by atoms with E-state index in [0.29, 0.717) is 38.5 Å². The number of aliphatic hydroxyl groups is 5. The third-order valence-corrected chi connectivity index (χ3v) is 16.7. The molecule has 19 heteroatoms. The molecule has 0 radical (unpaired) electrons. The molecule has 6 fully saturated rings. The predicted octanol–water partition coefficient (Wildman–Crippen LogP) is -7.63. The summed E-state index contributed by atoms with van der Waals surface area (Å²) in [6.45, 7) is 12.9. The minimum Gasteiger partial charge on any atom is -0.547 e. The van der Waals surface area contributed by atoms with Crippen LogP contribution in [-0.4, -0.2) is 127 Å². The Balaban J connectivity index is 0.00000265. The van der Waals surface area contributed by atoms with Crippen LogP contribution >= 0.6 is 0 Å². The molecule has 7 rings (SSSR count). The minimum atomic E-state index is -2.15. The van der Waals surface area contributed by atoms with Crippen LogP contribution < -0.4 is 113 Å². The molecule has 0 aromatic heterocycles. The van der Waals surface area contributed by atoms with E-state index >= 15 is 0 Å². The van der Waals surface area contributed by atoms with E-state index in [9.17, 15) is 60.0 Å². The minimum absolute atomic E-state index is 0. The number of carbonyl (C=O) groups is 4. The SMILES string of the molecule is CC1(C)C(OC2OC(C(=O)[O-])C(O)C(O)C2OC2OC(C(=O)[O-])C(O)C(O)C2O)CC[C@@]2(C)C1CC[C@]1(C)C2C(=O)C=C2C3CC(C(=O)O)CC[C@]3(C)CC[C@]21C.O.[K+].[K+]. The molecule has 2 heterocycles. The van der Waals surface area contributed by atoms with Crippen molar-refractivity contribution < 1.29 is 187 Å². The van der Waals surface area contributed by atoms with Crippen LogP contribution in [0.4, 0.5) is 0 Å². The van der Waals surface area contributed by atoms with Crippen molar-refractivity contribution in [1.29, 1.82) is 0 Å². The summed E-state index contributed by atoms with van der Waals surface area (Å²) in [6.07, 6.45) is -12.9. The van der Waals surface area contributed by atoms with Crippen LogP contribution in [0.25, 0.3) is 0 Å². The number of hydrogen-bond donors (Lipinski definition) is 6. The summed E-state index contributed by atoms with van der Waals surface area (Å²) >= 11 is 0. The van der Waals surface area contributed by atoms with Crippen molar-refractivity contribution in [2.45, 2.75) is 167 Å². The molecule has 2 aliphatic heterocycles. The van der Waals surface area contributed by atoms with Gasteiger partial charge in [0.2, 0.25) is 0 Å². The summed E-state index contributed by atoms with van der Waals surface area (Å²) in [6, 6.07) is 0. The van der Waals surface area contributed by atoms with Crippen molar-refractivity contribution in [2.75, 3.05) is 0 Å². The zero-order valence-electron chi connectivity index (χ0n) is 35.9. The Bertz CT molecular complexity index is 1690. The number of ether oxygens (including phenoxy) is 4. The van der Waals surface area contributed by atoms with Crippen molar-refractivity contribution in [1.82, 2.24) is 0 Å². The molecule has 328 valence electrons. The predicted molar refractivity (Wildman–Crippen MR) is 193 cm³/mol. The fraction of sp³-hybridized carbons (Fsp3) is 0.854. The average molecular weight is 903 g/mol. The summed E-state index contributed by atoms with van der Waals surface area (Å²) in [5, 5.41) is 86.7. The number of carbonyl (C=O) groups excluding carboxylic acids is 3. The second-order valence-corrected chi connectivity index (χ2v) is 19.8. The van der Waals surface area contributed by atoms with Gasteiger partial charge in [0.25, 0.3) is 0 Å². The second kappa shape index (κ2) is 18.8. The maximum Gasteiger partial charge on any atom is 1.00 e. The van der Waals surface area contributed by atoms with Crippen LogP contribution in [0.5, 0.6) is 0 Å². The van der Waals surface area contributed by atoms with E-state index in [1.165, 1.54) is 0 Å². The molecule has 0 aromatic rings. The number of carboxylic acids is 3. The second-order valence-electron chi connectivity index (χ2n) is 19.8. The summed E-state index contributed by atoms with van der Waals surface area (Å²) in [5.41, 5.74) is -0.943. The normalized spacial score (nSPS) is 49.4. The fourth-order valence-corrected chi connectivity index (χ4v) is 13.2. The first-order valence-corrected chi connectivity index (χ1v) is 20.4.